The van der Waals surface area contributed by atoms with Gasteiger partial charge in [-0.3, -0.25) is 19.3 Å². The van der Waals surface area contributed by atoms with Gasteiger partial charge in [0.25, 0.3) is 0 Å². The number of amides is 3. The highest BCUT2D eigenvalue weighted by Crippen LogP contribution is 2.60. The number of nitrogens with zero attached hydrogens (tertiary/aromatic N) is 2. The molecule has 32 heavy (non-hydrogen) atoms. The van der Waals surface area contributed by atoms with Crippen LogP contribution in [0.15, 0.2) is 28.7 Å². The minimum absolute atomic E-state index is 0.0786. The lowest BCUT2D eigenvalue weighted by Crippen LogP contribution is -2.59. The maximum Gasteiger partial charge on any atom is 0.235 e. The first kappa shape index (κ1) is 23.1. The van der Waals surface area contributed by atoms with Crippen LogP contribution >= 0.6 is 27.3 Å². The standard InChI is InChI=1S/C24H28BrN3O3S/c1-14-19(15-7-9-16(25)10-8-15)27-22(32-14)26-18(29)6-5-13-28-20(30)17-11-12-24(4,21(28)31)23(17,2)3/h7-10,17H,5-6,11-13H2,1-4H3,(H,26,27,29). The summed E-state index contributed by atoms with van der Waals surface area (Å²) in [6.07, 6.45) is 2.18. The van der Waals surface area contributed by atoms with Crippen LogP contribution in [-0.2, 0) is 14.4 Å². The third-order valence-corrected chi connectivity index (χ3v) is 8.87. The molecular weight excluding hydrogens is 490 g/mol. The minimum atomic E-state index is -0.504. The van der Waals surface area contributed by atoms with Crippen molar-refractivity contribution in [2.75, 3.05) is 11.9 Å². The molecule has 1 aliphatic carbocycles. The average molecular weight is 518 g/mol. The Morgan fingerprint density at radius 1 is 1.25 bits per heavy atom. The molecule has 1 aromatic heterocycles. The van der Waals surface area contributed by atoms with Crippen LogP contribution in [-0.4, -0.2) is 34.2 Å². The molecule has 1 saturated carbocycles. The number of aromatic nitrogens is 1. The van der Waals surface area contributed by atoms with Crippen molar-refractivity contribution < 1.29 is 14.4 Å². The van der Waals surface area contributed by atoms with Crippen LogP contribution < -0.4 is 5.32 Å². The van der Waals surface area contributed by atoms with Crippen molar-refractivity contribution in [3.8, 4) is 11.3 Å². The molecule has 2 fully saturated rings. The first-order valence-electron chi connectivity index (χ1n) is 10.9. The molecule has 1 aromatic carbocycles. The second-order valence-corrected chi connectivity index (χ2v) is 11.6. The van der Waals surface area contributed by atoms with Crippen LogP contribution in [0.4, 0.5) is 5.13 Å². The Morgan fingerprint density at radius 2 is 1.94 bits per heavy atom. The molecule has 2 aliphatic rings. The Hall–Kier alpha value is -2.06. The van der Waals surface area contributed by atoms with Gasteiger partial charge in [0.15, 0.2) is 5.13 Å². The van der Waals surface area contributed by atoms with E-state index in [-0.39, 0.29) is 42.0 Å². The van der Waals surface area contributed by atoms with Gasteiger partial charge in [-0.25, -0.2) is 4.98 Å². The molecule has 1 N–H and O–H groups in total. The number of hydrogen-bond donors (Lipinski definition) is 1. The molecule has 2 bridgehead atoms. The van der Waals surface area contributed by atoms with Crippen molar-refractivity contribution >= 4 is 50.1 Å². The SMILES string of the molecule is Cc1sc(NC(=O)CCCN2C(=O)C3CCC(C)(C2=O)C3(C)C)nc1-c1ccc(Br)cc1. The number of anilines is 1. The van der Waals surface area contributed by atoms with Gasteiger partial charge in [0.05, 0.1) is 11.1 Å². The van der Waals surface area contributed by atoms with Gasteiger partial charge in [-0.2, -0.15) is 0 Å². The zero-order valence-electron chi connectivity index (χ0n) is 18.8. The quantitative estimate of drug-likeness (QED) is 0.519. The molecule has 2 atom stereocenters. The van der Waals surface area contributed by atoms with E-state index in [0.29, 0.717) is 11.6 Å². The van der Waals surface area contributed by atoms with Crippen molar-refractivity contribution in [3.05, 3.63) is 33.6 Å². The van der Waals surface area contributed by atoms with Crippen molar-refractivity contribution in [1.82, 2.24) is 9.88 Å². The highest BCUT2D eigenvalue weighted by molar-refractivity contribution is 9.10. The van der Waals surface area contributed by atoms with E-state index >= 15 is 0 Å². The van der Waals surface area contributed by atoms with Crippen LogP contribution in [0.3, 0.4) is 0 Å². The van der Waals surface area contributed by atoms with E-state index in [1.54, 1.807) is 0 Å². The number of likely N-dealkylation sites (tertiary alicyclic amines) is 1. The monoisotopic (exact) mass is 517 g/mol. The van der Waals surface area contributed by atoms with Gasteiger partial charge in [-0.15, -0.1) is 11.3 Å². The molecule has 0 radical (unpaired) electrons. The van der Waals surface area contributed by atoms with Crippen molar-refractivity contribution in [2.24, 2.45) is 16.7 Å². The van der Waals surface area contributed by atoms with E-state index in [1.807, 2.05) is 52.0 Å². The number of nitrogens with one attached hydrogen (secondary N) is 1. The number of imide groups is 1. The third-order valence-electron chi connectivity index (χ3n) is 7.45. The molecule has 2 unspecified atom stereocenters. The number of carbonyl (C=O) groups is 3. The lowest BCUT2D eigenvalue weighted by Gasteiger charge is -2.47. The Balaban J connectivity index is 1.34. The molecule has 0 spiro atoms. The summed E-state index contributed by atoms with van der Waals surface area (Å²) in [5.74, 6) is -0.441. The molecule has 3 amide bonds. The van der Waals surface area contributed by atoms with Gasteiger partial charge in [0.1, 0.15) is 0 Å². The summed E-state index contributed by atoms with van der Waals surface area (Å²) in [5.41, 5.74) is 1.03. The van der Waals surface area contributed by atoms with Crippen LogP contribution in [0, 0.1) is 23.7 Å². The fourth-order valence-corrected chi connectivity index (χ4v) is 6.13. The maximum absolute atomic E-state index is 13.1. The summed E-state index contributed by atoms with van der Waals surface area (Å²) in [6, 6.07) is 7.89. The molecule has 8 heteroatoms. The van der Waals surface area contributed by atoms with E-state index in [0.717, 1.165) is 33.4 Å². The summed E-state index contributed by atoms with van der Waals surface area (Å²) in [4.78, 5) is 45.5. The van der Waals surface area contributed by atoms with Crippen LogP contribution in [0.5, 0.6) is 0 Å². The van der Waals surface area contributed by atoms with Crippen LogP contribution in [0.2, 0.25) is 0 Å². The van der Waals surface area contributed by atoms with E-state index < -0.39 is 5.41 Å². The Bertz CT molecular complexity index is 1080. The fourth-order valence-electron chi connectivity index (χ4n) is 5.02. The number of fused-ring (bicyclic) bond motifs is 2. The summed E-state index contributed by atoms with van der Waals surface area (Å²) < 4.78 is 0.999. The molecule has 2 aromatic rings. The number of aryl methyl sites for hydroxylation is 1. The predicted molar refractivity (Wildman–Crippen MR) is 129 cm³/mol. The smallest absolute Gasteiger partial charge is 0.235 e. The molecule has 1 aliphatic heterocycles. The molecule has 4 rings (SSSR count). The molecule has 170 valence electrons. The zero-order chi connectivity index (χ0) is 23.3. The van der Waals surface area contributed by atoms with Crippen molar-refractivity contribution in [2.45, 2.75) is 53.4 Å². The fraction of sp³-hybridized carbons (Fsp3) is 0.500. The van der Waals surface area contributed by atoms with E-state index in [1.165, 1.54) is 16.2 Å². The number of rotatable bonds is 6. The highest BCUT2D eigenvalue weighted by Gasteiger charge is 2.64. The second kappa shape index (κ2) is 8.37. The lowest BCUT2D eigenvalue weighted by atomic mass is 9.62. The maximum atomic E-state index is 13.1. The Morgan fingerprint density at radius 3 is 2.62 bits per heavy atom. The first-order valence-corrected chi connectivity index (χ1v) is 12.5. The lowest BCUT2D eigenvalue weighted by molar-refractivity contribution is -0.168. The van der Waals surface area contributed by atoms with Gasteiger partial charge in [0, 0.05) is 33.8 Å². The van der Waals surface area contributed by atoms with E-state index in [4.69, 9.17) is 0 Å². The highest BCUT2D eigenvalue weighted by atomic mass is 79.9. The van der Waals surface area contributed by atoms with Gasteiger partial charge in [0.2, 0.25) is 17.7 Å². The first-order chi connectivity index (χ1) is 15.0. The van der Waals surface area contributed by atoms with Gasteiger partial charge >= 0.3 is 0 Å². The Labute approximate surface area is 200 Å². The second-order valence-electron chi connectivity index (χ2n) is 9.52. The molecule has 6 nitrogen and oxygen atoms in total. The molecule has 2 heterocycles. The van der Waals surface area contributed by atoms with Gasteiger partial charge in [-0.05, 0) is 43.7 Å². The summed E-state index contributed by atoms with van der Waals surface area (Å²) in [5, 5.41) is 3.42. The average Bonchev–Trinajstić information content (AvgIpc) is 3.18. The topological polar surface area (TPSA) is 79.4 Å². The minimum Gasteiger partial charge on any atom is -0.302 e. The number of thiazole rings is 1. The normalized spacial score (nSPS) is 24.2. The Kier molecular flexibility index (Phi) is 6.05. The molecular formula is C24H28BrN3O3S. The van der Waals surface area contributed by atoms with Crippen LogP contribution in [0.25, 0.3) is 11.3 Å². The summed E-state index contributed by atoms with van der Waals surface area (Å²) in [6.45, 7) is 8.31. The van der Waals surface area contributed by atoms with Crippen LogP contribution in [0.1, 0.15) is 51.3 Å². The zero-order valence-corrected chi connectivity index (χ0v) is 21.2. The van der Waals surface area contributed by atoms with E-state index in [9.17, 15) is 14.4 Å². The number of piperidine rings is 1. The number of hydrogen-bond acceptors (Lipinski definition) is 5. The van der Waals surface area contributed by atoms with E-state index in [2.05, 4.69) is 26.2 Å². The molecule has 1 saturated heterocycles. The van der Waals surface area contributed by atoms with Crippen molar-refractivity contribution in [3.63, 3.8) is 0 Å². The third kappa shape index (κ3) is 3.81. The van der Waals surface area contributed by atoms with Crippen molar-refractivity contribution in [1.29, 1.82) is 0 Å². The predicted octanol–water partition coefficient (Wildman–Crippen LogP) is 5.41. The number of benzene rings is 1. The number of carbonyl (C=O) groups excluding carboxylic acids is 3. The number of halogens is 1. The largest absolute Gasteiger partial charge is 0.302 e. The summed E-state index contributed by atoms with van der Waals surface area (Å²) in [7, 11) is 0. The summed E-state index contributed by atoms with van der Waals surface area (Å²) >= 11 is 4.87. The van der Waals surface area contributed by atoms with Gasteiger partial charge < -0.3 is 5.32 Å². The van der Waals surface area contributed by atoms with Gasteiger partial charge in [-0.1, -0.05) is 48.8 Å².